The molecule has 9 aromatic carbocycles. The van der Waals surface area contributed by atoms with Crippen molar-refractivity contribution in [1.29, 1.82) is 0 Å². The highest BCUT2D eigenvalue weighted by Crippen LogP contribution is 2.42. The maximum Gasteiger partial charge on any atom is 0.164 e. The summed E-state index contributed by atoms with van der Waals surface area (Å²) in [6.45, 7) is 0. The van der Waals surface area contributed by atoms with E-state index in [0.29, 0.717) is 17.5 Å². The van der Waals surface area contributed by atoms with Crippen molar-refractivity contribution < 1.29 is 0 Å². The highest BCUT2D eigenvalue weighted by Gasteiger charge is 2.20. The van der Waals surface area contributed by atoms with Crippen LogP contribution in [-0.2, 0) is 0 Å². The molecular formula is C56H35N5. The number of para-hydroxylation sites is 2. The molecule has 0 aliphatic carbocycles. The van der Waals surface area contributed by atoms with E-state index >= 15 is 0 Å². The molecule has 61 heavy (non-hydrogen) atoms. The van der Waals surface area contributed by atoms with Gasteiger partial charge in [0, 0.05) is 49.5 Å². The Morgan fingerprint density at radius 3 is 1.49 bits per heavy atom. The van der Waals surface area contributed by atoms with Crippen molar-refractivity contribution in [1.82, 2.24) is 24.5 Å². The Bertz CT molecular complexity index is 3560. The lowest BCUT2D eigenvalue weighted by Crippen LogP contribution is -2.00. The molecule has 0 radical (unpaired) electrons. The van der Waals surface area contributed by atoms with Gasteiger partial charge in [-0.15, -0.1) is 0 Å². The van der Waals surface area contributed by atoms with Gasteiger partial charge in [0.2, 0.25) is 0 Å². The molecule has 0 N–H and O–H groups in total. The lowest BCUT2D eigenvalue weighted by Gasteiger charge is -2.15. The minimum absolute atomic E-state index is 0.634. The molecule has 0 unspecified atom stereocenters. The van der Waals surface area contributed by atoms with Crippen LogP contribution in [0.1, 0.15) is 0 Å². The first-order chi connectivity index (χ1) is 30.2. The molecule has 0 saturated heterocycles. The fraction of sp³-hybridized carbons (Fsp3) is 0. The summed E-state index contributed by atoms with van der Waals surface area (Å²) in [6, 6.07) is 74.5. The number of benzene rings is 9. The smallest absolute Gasteiger partial charge is 0.164 e. The lowest BCUT2D eigenvalue weighted by molar-refractivity contribution is 1.08. The third-order valence-electron chi connectivity index (χ3n) is 11.8. The Kier molecular flexibility index (Phi) is 8.10. The van der Waals surface area contributed by atoms with Crippen molar-refractivity contribution in [2.75, 3.05) is 0 Å². The Labute approximate surface area is 351 Å². The maximum absolute atomic E-state index is 5.51. The molecule has 0 amide bonds. The SMILES string of the molecule is c1ccc(-c2nc(-c3ccccc3)nc(-c3ccc(-c4ccc5c(c4)nc(-c4ccccc4)c4cc6c(cc45)c4ccccc4n6-c4ccccc4)c4ccccc34)n2)cc1. The summed E-state index contributed by atoms with van der Waals surface area (Å²) in [5.41, 5.74) is 11.5. The molecule has 0 bridgehead atoms. The van der Waals surface area contributed by atoms with E-state index in [1.54, 1.807) is 0 Å². The second-order valence-corrected chi connectivity index (χ2v) is 15.4. The number of hydrogen-bond donors (Lipinski definition) is 0. The van der Waals surface area contributed by atoms with E-state index in [2.05, 4.69) is 156 Å². The summed E-state index contributed by atoms with van der Waals surface area (Å²) in [7, 11) is 0. The Morgan fingerprint density at radius 1 is 0.279 bits per heavy atom. The lowest BCUT2D eigenvalue weighted by atomic mass is 9.92. The highest BCUT2D eigenvalue weighted by molar-refractivity contribution is 6.20. The minimum atomic E-state index is 0.634. The number of fused-ring (bicyclic) bond motifs is 7. The summed E-state index contributed by atoms with van der Waals surface area (Å²) < 4.78 is 2.38. The first kappa shape index (κ1) is 34.7. The predicted octanol–water partition coefficient (Wildman–Crippen LogP) is 14.2. The summed E-state index contributed by atoms with van der Waals surface area (Å²) in [4.78, 5) is 20.6. The van der Waals surface area contributed by atoms with Gasteiger partial charge in [-0.25, -0.2) is 19.9 Å². The van der Waals surface area contributed by atoms with Crippen LogP contribution in [-0.4, -0.2) is 24.5 Å². The number of hydrogen-bond acceptors (Lipinski definition) is 4. The van der Waals surface area contributed by atoms with E-state index in [9.17, 15) is 0 Å². The molecule has 5 nitrogen and oxygen atoms in total. The van der Waals surface area contributed by atoms with Crippen molar-refractivity contribution in [3.63, 3.8) is 0 Å². The third-order valence-corrected chi connectivity index (χ3v) is 11.8. The molecule has 0 atom stereocenters. The van der Waals surface area contributed by atoms with Crippen LogP contribution < -0.4 is 0 Å². The molecule has 0 aliphatic heterocycles. The summed E-state index contributed by atoms with van der Waals surface area (Å²) in [5, 5.41) is 8.04. The van der Waals surface area contributed by atoms with Gasteiger partial charge in [0.25, 0.3) is 0 Å². The average molecular weight is 778 g/mol. The molecule has 12 rings (SSSR count). The van der Waals surface area contributed by atoms with Crippen LogP contribution in [0.2, 0.25) is 0 Å². The fourth-order valence-corrected chi connectivity index (χ4v) is 8.98. The van der Waals surface area contributed by atoms with Gasteiger partial charge in [-0.2, -0.15) is 0 Å². The van der Waals surface area contributed by atoms with Crippen molar-refractivity contribution >= 4 is 54.3 Å². The second kappa shape index (κ2) is 14.2. The molecule has 5 heteroatoms. The van der Waals surface area contributed by atoms with Crippen LogP contribution in [0.5, 0.6) is 0 Å². The largest absolute Gasteiger partial charge is 0.309 e. The van der Waals surface area contributed by atoms with E-state index in [0.717, 1.165) is 77.3 Å². The molecule has 3 heterocycles. The normalized spacial score (nSPS) is 11.6. The molecule has 284 valence electrons. The summed E-state index contributed by atoms with van der Waals surface area (Å²) >= 11 is 0. The average Bonchev–Trinajstić information content (AvgIpc) is 3.66. The minimum Gasteiger partial charge on any atom is -0.309 e. The summed E-state index contributed by atoms with van der Waals surface area (Å²) in [6.07, 6.45) is 0. The molecule has 0 fully saturated rings. The first-order valence-corrected chi connectivity index (χ1v) is 20.6. The van der Waals surface area contributed by atoms with Gasteiger partial charge in [-0.1, -0.05) is 170 Å². The monoisotopic (exact) mass is 777 g/mol. The van der Waals surface area contributed by atoms with Gasteiger partial charge in [0.1, 0.15) is 0 Å². The number of aromatic nitrogens is 5. The van der Waals surface area contributed by atoms with E-state index in [1.165, 1.54) is 21.7 Å². The van der Waals surface area contributed by atoms with Crippen molar-refractivity contribution in [3.8, 4) is 62.2 Å². The zero-order valence-electron chi connectivity index (χ0n) is 32.9. The van der Waals surface area contributed by atoms with Crippen LogP contribution in [0.25, 0.3) is 116 Å². The van der Waals surface area contributed by atoms with E-state index < -0.39 is 0 Å². The van der Waals surface area contributed by atoms with Crippen LogP contribution >= 0.6 is 0 Å². The zero-order valence-corrected chi connectivity index (χ0v) is 32.9. The molecule has 0 aliphatic rings. The van der Waals surface area contributed by atoms with Crippen molar-refractivity contribution in [3.05, 3.63) is 212 Å². The molecule has 12 aromatic rings. The van der Waals surface area contributed by atoms with Crippen molar-refractivity contribution in [2.45, 2.75) is 0 Å². The van der Waals surface area contributed by atoms with Crippen LogP contribution in [0.3, 0.4) is 0 Å². The maximum atomic E-state index is 5.51. The number of nitrogens with zero attached hydrogens (tertiary/aromatic N) is 5. The van der Waals surface area contributed by atoms with Gasteiger partial charge in [0.15, 0.2) is 17.5 Å². The summed E-state index contributed by atoms with van der Waals surface area (Å²) in [5.74, 6) is 1.91. The quantitative estimate of drug-likeness (QED) is 0.158. The van der Waals surface area contributed by atoms with E-state index in [-0.39, 0.29) is 0 Å². The molecule has 3 aromatic heterocycles. The zero-order chi connectivity index (χ0) is 40.3. The topological polar surface area (TPSA) is 56.5 Å². The molecule has 0 saturated carbocycles. The number of pyridine rings is 1. The van der Waals surface area contributed by atoms with E-state index in [4.69, 9.17) is 19.9 Å². The third kappa shape index (κ3) is 5.86. The second-order valence-electron chi connectivity index (χ2n) is 15.4. The Balaban J connectivity index is 1.06. The molecule has 0 spiro atoms. The first-order valence-electron chi connectivity index (χ1n) is 20.6. The fourth-order valence-electron chi connectivity index (χ4n) is 8.98. The van der Waals surface area contributed by atoms with Gasteiger partial charge in [-0.05, 0) is 69.8 Å². The van der Waals surface area contributed by atoms with Crippen LogP contribution in [0.15, 0.2) is 212 Å². The Morgan fingerprint density at radius 2 is 0.820 bits per heavy atom. The van der Waals surface area contributed by atoms with E-state index in [1.807, 2.05) is 60.7 Å². The number of rotatable bonds is 6. The van der Waals surface area contributed by atoms with Crippen LogP contribution in [0.4, 0.5) is 0 Å². The molecular weight excluding hydrogens is 743 g/mol. The standard InChI is InChI=1S/C56H35N5/c1-5-17-36(18-6-1)53-49-35-52-48(45-27-15-16-28-51(45)61(52)40-23-11-4-12-24-40)34-47(49)44-30-29-39(33-50(44)57-53)41-31-32-46(43-26-14-13-25-42(41)43)56-59-54(37-19-7-2-8-20-37)58-55(60-56)38-21-9-3-10-22-38/h1-35H. The van der Waals surface area contributed by atoms with Crippen molar-refractivity contribution in [2.24, 2.45) is 0 Å². The predicted molar refractivity (Wildman–Crippen MR) is 252 cm³/mol. The highest BCUT2D eigenvalue weighted by atomic mass is 15.0. The van der Waals surface area contributed by atoms with Gasteiger partial charge in [0.05, 0.1) is 22.2 Å². The van der Waals surface area contributed by atoms with Crippen LogP contribution in [0, 0.1) is 0 Å². The van der Waals surface area contributed by atoms with Gasteiger partial charge < -0.3 is 4.57 Å². The Hall–Kier alpha value is -8.28. The van der Waals surface area contributed by atoms with Gasteiger partial charge in [-0.3, -0.25) is 0 Å². The van der Waals surface area contributed by atoms with Gasteiger partial charge >= 0.3 is 0 Å².